The summed E-state index contributed by atoms with van der Waals surface area (Å²) in [7, 11) is 0. The molecule has 0 saturated carbocycles. The topological polar surface area (TPSA) is 42.9 Å². The molecule has 4 rings (SSSR count). The Balaban J connectivity index is 1.33. The normalized spacial score (nSPS) is 10.9. The Bertz CT molecular complexity index is 1070. The number of benzene rings is 2. The summed E-state index contributed by atoms with van der Waals surface area (Å²) >= 11 is 0. The minimum atomic E-state index is 0.273. The van der Waals surface area contributed by atoms with E-state index in [4.69, 9.17) is 0 Å². The monoisotopic (exact) mass is 366 g/mol. The van der Waals surface area contributed by atoms with Crippen LogP contribution in [0.3, 0.4) is 0 Å². The number of aryl methyl sites for hydroxylation is 1. The van der Waals surface area contributed by atoms with E-state index in [-0.39, 0.29) is 5.78 Å². The van der Waals surface area contributed by atoms with Crippen LogP contribution in [0.4, 0.5) is 0 Å². The first-order valence-corrected chi connectivity index (χ1v) is 9.62. The Morgan fingerprint density at radius 2 is 1.57 bits per heavy atom. The lowest BCUT2D eigenvalue weighted by atomic mass is 9.99. The number of fused-ring (bicyclic) bond motifs is 1. The first kappa shape index (κ1) is 18.1. The van der Waals surface area contributed by atoms with Gasteiger partial charge in [-0.05, 0) is 58.7 Å². The molecule has 0 amide bonds. The average Bonchev–Trinajstić information content (AvgIpc) is 2.74. The molecule has 0 radical (unpaired) electrons. The summed E-state index contributed by atoms with van der Waals surface area (Å²) in [6.45, 7) is 0. The lowest BCUT2D eigenvalue weighted by Crippen LogP contribution is -2.03. The van der Waals surface area contributed by atoms with E-state index in [2.05, 4.69) is 52.4 Å². The van der Waals surface area contributed by atoms with Gasteiger partial charge in [0, 0.05) is 43.0 Å². The molecule has 138 valence electrons. The van der Waals surface area contributed by atoms with Crippen LogP contribution in [-0.4, -0.2) is 15.8 Å². The quantitative estimate of drug-likeness (QED) is 0.438. The fourth-order valence-corrected chi connectivity index (χ4v) is 3.44. The van der Waals surface area contributed by atoms with Crippen LogP contribution < -0.4 is 0 Å². The molecule has 28 heavy (non-hydrogen) atoms. The van der Waals surface area contributed by atoms with Crippen LogP contribution in [0.1, 0.15) is 24.0 Å². The van der Waals surface area contributed by atoms with Gasteiger partial charge in [-0.3, -0.25) is 14.8 Å². The third-order valence-corrected chi connectivity index (χ3v) is 4.97. The molecule has 0 fully saturated rings. The molecule has 0 N–H and O–H groups in total. The highest BCUT2D eigenvalue weighted by molar-refractivity contribution is 5.86. The zero-order chi connectivity index (χ0) is 19.2. The van der Waals surface area contributed by atoms with Crippen molar-refractivity contribution in [2.45, 2.75) is 25.7 Å². The van der Waals surface area contributed by atoms with E-state index >= 15 is 0 Å². The van der Waals surface area contributed by atoms with Crippen molar-refractivity contribution in [3.8, 4) is 11.1 Å². The van der Waals surface area contributed by atoms with Crippen molar-refractivity contribution in [2.24, 2.45) is 0 Å². The summed E-state index contributed by atoms with van der Waals surface area (Å²) in [5.74, 6) is 0.273. The van der Waals surface area contributed by atoms with Crippen LogP contribution in [-0.2, 0) is 17.6 Å². The van der Waals surface area contributed by atoms with Gasteiger partial charge < -0.3 is 0 Å². The highest BCUT2D eigenvalue weighted by atomic mass is 16.1. The maximum absolute atomic E-state index is 12.1. The highest BCUT2D eigenvalue weighted by Gasteiger charge is 2.05. The molecule has 2 heterocycles. The van der Waals surface area contributed by atoms with Crippen molar-refractivity contribution in [2.75, 3.05) is 0 Å². The highest BCUT2D eigenvalue weighted by Crippen LogP contribution is 2.24. The van der Waals surface area contributed by atoms with Gasteiger partial charge in [-0.2, -0.15) is 0 Å². The second-order valence-corrected chi connectivity index (χ2v) is 7.06. The Morgan fingerprint density at radius 1 is 0.750 bits per heavy atom. The standard InChI is InChI=1S/C25H22N2O/c28-25(15-20-4-2-13-26-17-20)5-1-3-19-6-8-21(9-7-19)22-10-11-24-18-27-14-12-23(24)16-22/h2,4,6-14,16-18H,1,3,5,15H2. The number of carbonyl (C=O) groups is 1. The van der Waals surface area contributed by atoms with Gasteiger partial charge in [0.25, 0.3) is 0 Å². The van der Waals surface area contributed by atoms with Gasteiger partial charge in [0.2, 0.25) is 0 Å². The molecule has 0 aliphatic heterocycles. The summed E-state index contributed by atoms with van der Waals surface area (Å²) in [5, 5.41) is 2.35. The molecule has 3 heteroatoms. The van der Waals surface area contributed by atoms with Crippen LogP contribution in [0.5, 0.6) is 0 Å². The number of nitrogens with zero attached hydrogens (tertiary/aromatic N) is 2. The number of Topliss-reactive ketones (excluding diaryl/α,β-unsaturated/α-hetero) is 1. The fraction of sp³-hybridized carbons (Fsp3) is 0.160. The number of ketones is 1. The predicted octanol–water partition coefficient (Wildman–Crippen LogP) is 5.43. The molecule has 0 unspecified atom stereocenters. The third-order valence-electron chi connectivity index (χ3n) is 4.97. The van der Waals surface area contributed by atoms with Gasteiger partial charge in [-0.25, -0.2) is 0 Å². The summed E-state index contributed by atoms with van der Waals surface area (Å²) in [4.78, 5) is 20.3. The van der Waals surface area contributed by atoms with Gasteiger partial charge in [0.15, 0.2) is 0 Å². The first-order valence-electron chi connectivity index (χ1n) is 9.62. The lowest BCUT2D eigenvalue weighted by Gasteiger charge is -2.06. The second kappa shape index (κ2) is 8.57. The number of hydrogen-bond donors (Lipinski definition) is 0. The van der Waals surface area contributed by atoms with Crippen molar-refractivity contribution < 1.29 is 4.79 Å². The number of aromatic nitrogens is 2. The molecular weight excluding hydrogens is 344 g/mol. The summed E-state index contributed by atoms with van der Waals surface area (Å²) in [5.41, 5.74) is 4.66. The molecule has 0 bridgehead atoms. The minimum Gasteiger partial charge on any atom is -0.299 e. The van der Waals surface area contributed by atoms with Crippen LogP contribution in [0.2, 0.25) is 0 Å². The van der Waals surface area contributed by atoms with Crippen LogP contribution in [0.25, 0.3) is 21.9 Å². The number of rotatable bonds is 7. The molecule has 0 aliphatic carbocycles. The summed E-state index contributed by atoms with van der Waals surface area (Å²) in [6.07, 6.45) is 10.1. The van der Waals surface area contributed by atoms with E-state index in [1.54, 1.807) is 12.4 Å². The molecule has 0 saturated heterocycles. The largest absolute Gasteiger partial charge is 0.299 e. The van der Waals surface area contributed by atoms with Gasteiger partial charge in [0.05, 0.1) is 0 Å². The zero-order valence-corrected chi connectivity index (χ0v) is 15.7. The molecule has 3 nitrogen and oxygen atoms in total. The van der Waals surface area contributed by atoms with Gasteiger partial charge in [0.1, 0.15) is 5.78 Å². The maximum atomic E-state index is 12.1. The zero-order valence-electron chi connectivity index (χ0n) is 15.7. The second-order valence-electron chi connectivity index (χ2n) is 7.06. The van der Waals surface area contributed by atoms with E-state index in [0.29, 0.717) is 12.8 Å². The van der Waals surface area contributed by atoms with Crippen molar-refractivity contribution in [3.05, 3.63) is 96.6 Å². The predicted molar refractivity (Wildman–Crippen MR) is 113 cm³/mol. The number of pyridine rings is 2. The Hall–Kier alpha value is -3.33. The van der Waals surface area contributed by atoms with E-state index in [0.717, 1.165) is 23.8 Å². The SMILES string of the molecule is O=C(CCCc1ccc(-c2ccc3cnccc3c2)cc1)Cc1cccnc1. The molecule has 4 aromatic rings. The fourth-order valence-electron chi connectivity index (χ4n) is 3.44. The van der Waals surface area contributed by atoms with Crippen molar-refractivity contribution in [1.82, 2.24) is 9.97 Å². The number of carbonyl (C=O) groups excluding carboxylic acids is 1. The smallest absolute Gasteiger partial charge is 0.137 e. The first-order chi connectivity index (χ1) is 13.8. The Kier molecular flexibility index (Phi) is 5.53. The van der Waals surface area contributed by atoms with Gasteiger partial charge in [-0.15, -0.1) is 0 Å². The molecule has 2 aromatic carbocycles. The van der Waals surface area contributed by atoms with Crippen molar-refractivity contribution in [3.63, 3.8) is 0 Å². The third kappa shape index (κ3) is 4.49. The molecule has 0 atom stereocenters. The summed E-state index contributed by atoms with van der Waals surface area (Å²) < 4.78 is 0. The number of hydrogen-bond acceptors (Lipinski definition) is 3. The van der Waals surface area contributed by atoms with Crippen LogP contribution in [0.15, 0.2) is 85.5 Å². The van der Waals surface area contributed by atoms with Crippen LogP contribution >= 0.6 is 0 Å². The van der Waals surface area contributed by atoms with E-state index < -0.39 is 0 Å². The Labute approximate surface area is 165 Å². The van der Waals surface area contributed by atoms with Crippen molar-refractivity contribution >= 4 is 16.6 Å². The van der Waals surface area contributed by atoms with Crippen molar-refractivity contribution in [1.29, 1.82) is 0 Å². The molecule has 0 spiro atoms. The molecular formula is C25H22N2O. The average molecular weight is 366 g/mol. The van der Waals surface area contributed by atoms with E-state index in [1.165, 1.54) is 22.1 Å². The van der Waals surface area contributed by atoms with Gasteiger partial charge >= 0.3 is 0 Å². The lowest BCUT2D eigenvalue weighted by molar-refractivity contribution is -0.118. The van der Waals surface area contributed by atoms with Crippen LogP contribution in [0, 0.1) is 0 Å². The Morgan fingerprint density at radius 3 is 2.39 bits per heavy atom. The molecule has 2 aromatic heterocycles. The minimum absolute atomic E-state index is 0.273. The van der Waals surface area contributed by atoms with E-state index in [9.17, 15) is 4.79 Å². The van der Waals surface area contributed by atoms with Gasteiger partial charge in [-0.1, -0.05) is 42.5 Å². The van der Waals surface area contributed by atoms with E-state index in [1.807, 2.05) is 30.6 Å². The molecule has 0 aliphatic rings. The summed E-state index contributed by atoms with van der Waals surface area (Å²) in [6, 6.07) is 21.0. The maximum Gasteiger partial charge on any atom is 0.137 e.